The van der Waals surface area contributed by atoms with E-state index in [1.54, 1.807) is 6.08 Å². The number of hydrogen-bond donors (Lipinski definition) is 4. The molecule has 8 heteroatoms. The Balaban J connectivity index is 2.01. The normalized spacial score (nSPS) is 40.6. The predicted molar refractivity (Wildman–Crippen MR) is 55.7 cm³/mol. The van der Waals surface area contributed by atoms with E-state index in [1.807, 2.05) is 0 Å². The van der Waals surface area contributed by atoms with Gasteiger partial charge >= 0.3 is 0 Å². The topological polar surface area (TPSA) is 120 Å². The zero-order valence-corrected chi connectivity index (χ0v) is 9.42. The minimum atomic E-state index is -1.52. The van der Waals surface area contributed by atoms with Crippen molar-refractivity contribution in [2.75, 3.05) is 13.2 Å². The standard InChI is InChI=1S/C10H15NO7/c12-4-5-7(14)8(15)9(16)10(17-5)18-11-3-1-2-6(11)13/h1-2,5,7-10,12,14-16H,3-4H2/t5-,7-,8+,9-,10+/m1/s1. The van der Waals surface area contributed by atoms with E-state index in [0.29, 0.717) is 0 Å². The maximum Gasteiger partial charge on any atom is 0.270 e. The van der Waals surface area contributed by atoms with Gasteiger partial charge in [0.25, 0.3) is 5.91 Å². The highest BCUT2D eigenvalue weighted by Crippen LogP contribution is 2.23. The summed E-state index contributed by atoms with van der Waals surface area (Å²) >= 11 is 0. The second-order valence-corrected chi connectivity index (χ2v) is 4.10. The van der Waals surface area contributed by atoms with Gasteiger partial charge in [0.1, 0.15) is 24.4 Å². The molecule has 18 heavy (non-hydrogen) atoms. The van der Waals surface area contributed by atoms with Crippen LogP contribution in [0.1, 0.15) is 0 Å². The molecule has 0 spiro atoms. The Morgan fingerprint density at radius 3 is 2.61 bits per heavy atom. The summed E-state index contributed by atoms with van der Waals surface area (Å²) in [5.74, 6) is -0.410. The molecule has 1 saturated heterocycles. The van der Waals surface area contributed by atoms with Crippen molar-refractivity contribution in [3.05, 3.63) is 12.2 Å². The third-order valence-corrected chi connectivity index (χ3v) is 2.86. The van der Waals surface area contributed by atoms with E-state index in [1.165, 1.54) is 6.08 Å². The molecule has 0 saturated carbocycles. The van der Waals surface area contributed by atoms with Gasteiger partial charge < -0.3 is 25.2 Å². The number of hydroxylamine groups is 2. The highest BCUT2D eigenvalue weighted by atomic mass is 16.8. The number of carbonyl (C=O) groups excluding carboxylic acids is 1. The molecule has 2 rings (SSSR count). The molecule has 0 unspecified atom stereocenters. The maximum absolute atomic E-state index is 11.3. The van der Waals surface area contributed by atoms with E-state index in [9.17, 15) is 20.1 Å². The van der Waals surface area contributed by atoms with Gasteiger partial charge in [-0.1, -0.05) is 6.08 Å². The van der Waals surface area contributed by atoms with Crippen LogP contribution < -0.4 is 0 Å². The fraction of sp³-hybridized carbons (Fsp3) is 0.700. The van der Waals surface area contributed by atoms with Gasteiger partial charge in [0.05, 0.1) is 13.2 Å². The van der Waals surface area contributed by atoms with Crippen LogP contribution in [0, 0.1) is 0 Å². The molecule has 102 valence electrons. The molecule has 1 amide bonds. The van der Waals surface area contributed by atoms with Crippen molar-refractivity contribution in [2.24, 2.45) is 0 Å². The Morgan fingerprint density at radius 1 is 1.33 bits per heavy atom. The maximum atomic E-state index is 11.3. The molecule has 1 fully saturated rings. The summed E-state index contributed by atoms with van der Waals surface area (Å²) in [5, 5.41) is 38.7. The Kier molecular flexibility index (Phi) is 3.95. The molecule has 0 radical (unpaired) electrons. The van der Waals surface area contributed by atoms with Crippen molar-refractivity contribution >= 4 is 5.91 Å². The minimum absolute atomic E-state index is 0.202. The number of rotatable bonds is 3. The summed E-state index contributed by atoms with van der Waals surface area (Å²) in [6.07, 6.45) is -4.01. The van der Waals surface area contributed by atoms with Gasteiger partial charge in [0.15, 0.2) is 0 Å². The Morgan fingerprint density at radius 2 is 2.06 bits per heavy atom. The molecule has 0 bridgehead atoms. The number of carbonyl (C=O) groups is 1. The zero-order valence-electron chi connectivity index (χ0n) is 9.42. The minimum Gasteiger partial charge on any atom is -0.394 e. The summed E-state index contributed by atoms with van der Waals surface area (Å²) in [4.78, 5) is 16.4. The Hall–Kier alpha value is -1.03. The van der Waals surface area contributed by atoms with Crippen LogP contribution in [0.15, 0.2) is 12.2 Å². The average molecular weight is 261 g/mol. The van der Waals surface area contributed by atoms with E-state index >= 15 is 0 Å². The summed E-state index contributed by atoms with van der Waals surface area (Å²) in [6.45, 7) is -0.342. The number of aliphatic hydroxyl groups excluding tert-OH is 4. The second-order valence-electron chi connectivity index (χ2n) is 4.10. The fourth-order valence-electron chi connectivity index (χ4n) is 1.80. The number of ether oxygens (including phenoxy) is 1. The second kappa shape index (κ2) is 5.31. The van der Waals surface area contributed by atoms with Crippen LogP contribution in [0.4, 0.5) is 0 Å². The first-order valence-electron chi connectivity index (χ1n) is 5.50. The Bertz CT molecular complexity index is 345. The van der Waals surface area contributed by atoms with Crippen LogP contribution in [0.25, 0.3) is 0 Å². The summed E-state index contributed by atoms with van der Waals surface area (Å²) < 4.78 is 5.09. The van der Waals surface area contributed by atoms with E-state index < -0.39 is 43.2 Å². The summed E-state index contributed by atoms with van der Waals surface area (Å²) in [5.41, 5.74) is 0. The van der Waals surface area contributed by atoms with E-state index in [0.717, 1.165) is 5.06 Å². The van der Waals surface area contributed by atoms with E-state index in [2.05, 4.69) is 0 Å². The fourth-order valence-corrected chi connectivity index (χ4v) is 1.80. The van der Waals surface area contributed by atoms with E-state index in [4.69, 9.17) is 14.7 Å². The predicted octanol–water partition coefficient (Wildman–Crippen LogP) is -2.88. The van der Waals surface area contributed by atoms with Crippen molar-refractivity contribution in [1.82, 2.24) is 5.06 Å². The third kappa shape index (κ3) is 2.39. The van der Waals surface area contributed by atoms with Gasteiger partial charge in [-0.3, -0.25) is 4.79 Å². The molecule has 2 aliphatic rings. The third-order valence-electron chi connectivity index (χ3n) is 2.86. The van der Waals surface area contributed by atoms with Gasteiger partial charge in [-0.15, -0.1) is 0 Å². The SMILES string of the molecule is O=C1C=CCN1O[C@@H]1O[C@H](CO)[C@@H](O)[C@H](O)[C@H]1O. The highest BCUT2D eigenvalue weighted by molar-refractivity contribution is 5.89. The molecule has 5 atom stereocenters. The van der Waals surface area contributed by atoms with Crippen molar-refractivity contribution in [2.45, 2.75) is 30.7 Å². The van der Waals surface area contributed by atoms with Gasteiger partial charge in [-0.25, -0.2) is 9.90 Å². The molecule has 8 nitrogen and oxygen atoms in total. The number of nitrogens with zero attached hydrogens (tertiary/aromatic N) is 1. The molecule has 2 heterocycles. The zero-order chi connectivity index (χ0) is 13.3. The van der Waals surface area contributed by atoms with Crippen molar-refractivity contribution < 1.29 is 34.8 Å². The molecular formula is C10H15NO7. The number of hydrogen-bond acceptors (Lipinski definition) is 7. The van der Waals surface area contributed by atoms with Gasteiger partial charge in [-0.05, 0) is 0 Å². The van der Waals surface area contributed by atoms with Gasteiger partial charge in [0.2, 0.25) is 6.29 Å². The molecule has 0 aromatic heterocycles. The molecule has 2 aliphatic heterocycles. The van der Waals surface area contributed by atoms with Crippen LogP contribution in [-0.2, 0) is 14.4 Å². The Labute approximate surface area is 103 Å². The van der Waals surface area contributed by atoms with Crippen LogP contribution in [0.5, 0.6) is 0 Å². The highest BCUT2D eigenvalue weighted by Gasteiger charge is 2.45. The lowest BCUT2D eigenvalue weighted by molar-refractivity contribution is -0.349. The lowest BCUT2D eigenvalue weighted by atomic mass is 9.99. The van der Waals surface area contributed by atoms with Crippen molar-refractivity contribution in [3.8, 4) is 0 Å². The molecule has 0 aromatic carbocycles. The molecule has 0 aromatic rings. The number of aliphatic hydroxyl groups is 4. The largest absolute Gasteiger partial charge is 0.394 e. The van der Waals surface area contributed by atoms with E-state index in [-0.39, 0.29) is 6.54 Å². The molecule has 0 aliphatic carbocycles. The summed E-state index contributed by atoms with van der Waals surface area (Å²) in [6, 6.07) is 0. The summed E-state index contributed by atoms with van der Waals surface area (Å²) in [7, 11) is 0. The lowest BCUT2D eigenvalue weighted by Gasteiger charge is -2.40. The van der Waals surface area contributed by atoms with Crippen molar-refractivity contribution in [1.29, 1.82) is 0 Å². The van der Waals surface area contributed by atoms with Crippen LogP contribution in [0.2, 0.25) is 0 Å². The monoisotopic (exact) mass is 261 g/mol. The van der Waals surface area contributed by atoms with Crippen LogP contribution in [-0.4, -0.2) is 75.3 Å². The lowest BCUT2D eigenvalue weighted by Crippen LogP contribution is -2.60. The smallest absolute Gasteiger partial charge is 0.270 e. The van der Waals surface area contributed by atoms with Crippen LogP contribution >= 0.6 is 0 Å². The number of amides is 1. The van der Waals surface area contributed by atoms with Crippen LogP contribution in [0.3, 0.4) is 0 Å². The average Bonchev–Trinajstić information content (AvgIpc) is 2.76. The van der Waals surface area contributed by atoms with Gasteiger partial charge in [0, 0.05) is 6.08 Å². The molecule has 4 N–H and O–H groups in total. The van der Waals surface area contributed by atoms with Gasteiger partial charge in [-0.2, -0.15) is 0 Å². The first-order valence-corrected chi connectivity index (χ1v) is 5.50. The van der Waals surface area contributed by atoms with Crippen molar-refractivity contribution in [3.63, 3.8) is 0 Å². The molecular weight excluding hydrogens is 246 g/mol. The quantitative estimate of drug-likeness (QED) is 0.430. The first-order chi connectivity index (χ1) is 8.54. The first kappa shape index (κ1) is 13.4.